The van der Waals surface area contributed by atoms with E-state index in [1.807, 2.05) is 17.5 Å². The van der Waals surface area contributed by atoms with E-state index in [4.69, 9.17) is 5.11 Å². The first-order valence-corrected chi connectivity index (χ1v) is 7.55. The van der Waals surface area contributed by atoms with Crippen LogP contribution in [0.3, 0.4) is 0 Å². The van der Waals surface area contributed by atoms with Crippen LogP contribution in [0.15, 0.2) is 34.4 Å². The highest BCUT2D eigenvalue weighted by Gasteiger charge is 2.08. The summed E-state index contributed by atoms with van der Waals surface area (Å²) in [6.07, 6.45) is 0.338. The van der Waals surface area contributed by atoms with Gasteiger partial charge in [-0.15, -0.1) is 11.3 Å². The largest absolute Gasteiger partial charge is 0.481 e. The van der Waals surface area contributed by atoms with Gasteiger partial charge in [-0.25, -0.2) is 4.68 Å². The predicted molar refractivity (Wildman–Crippen MR) is 81.7 cm³/mol. The number of carboxylic acids is 1. The molecule has 0 unspecified atom stereocenters. The Kier molecular flexibility index (Phi) is 5.42. The van der Waals surface area contributed by atoms with E-state index in [2.05, 4.69) is 10.4 Å². The van der Waals surface area contributed by atoms with E-state index in [1.54, 1.807) is 6.07 Å². The highest BCUT2D eigenvalue weighted by atomic mass is 32.1. The smallest absolute Gasteiger partial charge is 0.303 e. The molecule has 0 radical (unpaired) electrons. The van der Waals surface area contributed by atoms with Crippen LogP contribution in [0.2, 0.25) is 0 Å². The molecule has 0 aliphatic heterocycles. The van der Waals surface area contributed by atoms with Gasteiger partial charge in [0.1, 0.15) is 12.2 Å². The Morgan fingerprint density at radius 2 is 2.14 bits per heavy atom. The lowest BCUT2D eigenvalue weighted by Gasteiger charge is -2.07. The highest BCUT2D eigenvalue weighted by Crippen LogP contribution is 2.20. The molecule has 1 amide bonds. The Labute approximate surface area is 130 Å². The molecule has 0 saturated heterocycles. The van der Waals surface area contributed by atoms with Crippen molar-refractivity contribution in [3.8, 4) is 10.6 Å². The fourth-order valence-electron chi connectivity index (χ4n) is 1.78. The Hall–Kier alpha value is -2.48. The van der Waals surface area contributed by atoms with Crippen molar-refractivity contribution in [1.29, 1.82) is 0 Å². The van der Waals surface area contributed by atoms with Gasteiger partial charge >= 0.3 is 5.97 Å². The minimum Gasteiger partial charge on any atom is -0.481 e. The first-order chi connectivity index (χ1) is 10.6. The van der Waals surface area contributed by atoms with Gasteiger partial charge in [0, 0.05) is 19.0 Å². The summed E-state index contributed by atoms with van der Waals surface area (Å²) in [5.74, 6) is -1.28. The van der Waals surface area contributed by atoms with Crippen molar-refractivity contribution in [3.63, 3.8) is 0 Å². The van der Waals surface area contributed by atoms with Gasteiger partial charge in [0.05, 0.1) is 4.88 Å². The molecule has 0 aromatic carbocycles. The summed E-state index contributed by atoms with van der Waals surface area (Å²) in [5, 5.41) is 17.1. The Bertz CT molecular complexity index is 709. The Morgan fingerprint density at radius 3 is 2.82 bits per heavy atom. The van der Waals surface area contributed by atoms with Gasteiger partial charge in [-0.1, -0.05) is 6.07 Å². The monoisotopic (exact) mass is 321 g/mol. The van der Waals surface area contributed by atoms with Gasteiger partial charge < -0.3 is 10.4 Å². The van der Waals surface area contributed by atoms with Crippen LogP contribution in [0.4, 0.5) is 0 Å². The van der Waals surface area contributed by atoms with Crippen LogP contribution in [-0.4, -0.2) is 33.3 Å². The van der Waals surface area contributed by atoms with E-state index in [0.717, 1.165) is 9.56 Å². The zero-order valence-corrected chi connectivity index (χ0v) is 12.5. The SMILES string of the molecule is O=C(O)CCCNC(=O)Cn1nc(-c2cccs2)ccc1=O. The van der Waals surface area contributed by atoms with Crippen LogP contribution >= 0.6 is 11.3 Å². The number of carbonyl (C=O) groups is 2. The molecule has 2 N–H and O–H groups in total. The number of thiophene rings is 1. The topological polar surface area (TPSA) is 101 Å². The zero-order chi connectivity index (χ0) is 15.9. The Balaban J connectivity index is 1.97. The maximum atomic E-state index is 11.8. The fourth-order valence-corrected chi connectivity index (χ4v) is 2.47. The number of nitrogens with zero attached hydrogens (tertiary/aromatic N) is 2. The molecule has 7 nitrogen and oxygen atoms in total. The molecule has 8 heteroatoms. The van der Waals surface area contributed by atoms with Crippen molar-refractivity contribution in [2.24, 2.45) is 0 Å². The Morgan fingerprint density at radius 1 is 1.32 bits per heavy atom. The molecule has 0 spiro atoms. The van der Waals surface area contributed by atoms with E-state index in [9.17, 15) is 14.4 Å². The molecule has 2 aromatic heterocycles. The number of hydrogen-bond acceptors (Lipinski definition) is 5. The molecule has 2 heterocycles. The lowest BCUT2D eigenvalue weighted by Crippen LogP contribution is -2.34. The van der Waals surface area contributed by atoms with E-state index < -0.39 is 5.97 Å². The lowest BCUT2D eigenvalue weighted by molar-refractivity contribution is -0.137. The minimum absolute atomic E-state index is 0.00760. The van der Waals surface area contributed by atoms with Crippen molar-refractivity contribution in [2.45, 2.75) is 19.4 Å². The van der Waals surface area contributed by atoms with Gasteiger partial charge in [-0.2, -0.15) is 5.10 Å². The summed E-state index contributed by atoms with van der Waals surface area (Å²) in [6.45, 7) is 0.0651. The summed E-state index contributed by atoms with van der Waals surface area (Å²) in [6, 6.07) is 6.76. The summed E-state index contributed by atoms with van der Waals surface area (Å²) in [4.78, 5) is 34.8. The number of hydrogen-bond donors (Lipinski definition) is 2. The van der Waals surface area contributed by atoms with Gasteiger partial charge in [-0.3, -0.25) is 14.4 Å². The second kappa shape index (κ2) is 7.51. The molecule has 2 rings (SSSR count). The van der Waals surface area contributed by atoms with Crippen LogP contribution in [0.5, 0.6) is 0 Å². The normalized spacial score (nSPS) is 10.4. The van der Waals surface area contributed by atoms with Gasteiger partial charge in [0.25, 0.3) is 5.56 Å². The average molecular weight is 321 g/mol. The standard InChI is InChI=1S/C14H15N3O4S/c18-12(15-7-1-4-14(20)21)9-17-13(19)6-5-10(16-17)11-3-2-8-22-11/h2-3,5-6,8H,1,4,7,9H2,(H,15,18)(H,20,21). The van der Waals surface area contributed by atoms with E-state index in [1.165, 1.54) is 17.4 Å². The van der Waals surface area contributed by atoms with E-state index in [0.29, 0.717) is 12.1 Å². The van der Waals surface area contributed by atoms with Crippen molar-refractivity contribution in [2.75, 3.05) is 6.54 Å². The maximum Gasteiger partial charge on any atom is 0.303 e. The maximum absolute atomic E-state index is 11.8. The second-order valence-electron chi connectivity index (χ2n) is 4.54. The van der Waals surface area contributed by atoms with Gasteiger partial charge in [0.15, 0.2) is 0 Å². The zero-order valence-electron chi connectivity index (χ0n) is 11.7. The van der Waals surface area contributed by atoms with E-state index in [-0.39, 0.29) is 31.0 Å². The van der Waals surface area contributed by atoms with Crippen LogP contribution < -0.4 is 10.9 Å². The van der Waals surface area contributed by atoms with Gasteiger partial charge in [-0.05, 0) is 23.9 Å². The third-order valence-corrected chi connectivity index (χ3v) is 3.72. The van der Waals surface area contributed by atoms with Crippen LogP contribution in [-0.2, 0) is 16.1 Å². The number of rotatable bonds is 7. The summed E-state index contributed by atoms with van der Waals surface area (Å²) < 4.78 is 1.10. The molecule has 0 aliphatic rings. The van der Waals surface area contributed by atoms with Crippen molar-refractivity contribution in [3.05, 3.63) is 40.0 Å². The number of carbonyl (C=O) groups excluding carboxylic acids is 1. The van der Waals surface area contributed by atoms with Crippen molar-refractivity contribution in [1.82, 2.24) is 15.1 Å². The third kappa shape index (κ3) is 4.52. The first kappa shape index (κ1) is 15.9. The molecule has 0 saturated carbocycles. The van der Waals surface area contributed by atoms with Crippen LogP contribution in [0.1, 0.15) is 12.8 Å². The summed E-state index contributed by atoms with van der Waals surface area (Å²) in [7, 11) is 0. The third-order valence-electron chi connectivity index (χ3n) is 2.82. The number of aromatic nitrogens is 2. The number of carboxylic acid groups (broad SMARTS) is 1. The summed E-state index contributed by atoms with van der Waals surface area (Å²) >= 11 is 1.49. The number of aliphatic carboxylic acids is 1. The molecule has 0 bridgehead atoms. The van der Waals surface area contributed by atoms with Crippen molar-refractivity contribution < 1.29 is 14.7 Å². The molecule has 0 atom stereocenters. The summed E-state index contributed by atoms with van der Waals surface area (Å²) in [5.41, 5.74) is 0.272. The highest BCUT2D eigenvalue weighted by molar-refractivity contribution is 7.13. The molecule has 2 aromatic rings. The van der Waals surface area contributed by atoms with Gasteiger partial charge in [0.2, 0.25) is 5.91 Å². The average Bonchev–Trinajstić information content (AvgIpc) is 3.00. The molecular formula is C14H15N3O4S. The van der Waals surface area contributed by atoms with Crippen LogP contribution in [0.25, 0.3) is 10.6 Å². The van der Waals surface area contributed by atoms with E-state index >= 15 is 0 Å². The van der Waals surface area contributed by atoms with Crippen LogP contribution in [0, 0.1) is 0 Å². The molecule has 116 valence electrons. The van der Waals surface area contributed by atoms with Crippen molar-refractivity contribution >= 4 is 23.2 Å². The number of amides is 1. The number of nitrogens with one attached hydrogen (secondary N) is 1. The predicted octanol–water partition coefficient (Wildman–Crippen LogP) is 0.953. The molecule has 22 heavy (non-hydrogen) atoms. The fraction of sp³-hybridized carbons (Fsp3) is 0.286. The second-order valence-corrected chi connectivity index (χ2v) is 5.49. The molecular weight excluding hydrogens is 306 g/mol. The first-order valence-electron chi connectivity index (χ1n) is 6.67. The minimum atomic E-state index is -0.907. The quantitative estimate of drug-likeness (QED) is 0.739. The molecule has 0 aliphatic carbocycles. The molecule has 0 fully saturated rings. The lowest BCUT2D eigenvalue weighted by atomic mass is 10.3.